The highest BCUT2D eigenvalue weighted by molar-refractivity contribution is 5.94. The molecule has 0 bridgehead atoms. The molecule has 1 amide bonds. The number of furan rings is 1. The summed E-state index contributed by atoms with van der Waals surface area (Å²) >= 11 is 0. The number of fused-ring (bicyclic) bond motifs is 1. The lowest BCUT2D eigenvalue weighted by Gasteiger charge is -2.11. The number of carbonyl (C=O) groups is 2. The van der Waals surface area contributed by atoms with Crippen LogP contribution in [0.15, 0.2) is 39.5 Å². The van der Waals surface area contributed by atoms with Gasteiger partial charge < -0.3 is 19.0 Å². The minimum absolute atomic E-state index is 0.0246. The standard InChI is InChI=1S/C18H18N2O5/c1-10-4-5-14-13(9-23-15(14)6-10)8-17(21)24-12(3)18(22)19-16-7-11(2)25-20-16/h4-7,9,12H,8H2,1-3H3,(H,19,20,22)/t12-/m1/s1. The molecule has 1 atom stereocenters. The van der Waals surface area contributed by atoms with Crippen LogP contribution < -0.4 is 5.32 Å². The molecular formula is C18H18N2O5. The van der Waals surface area contributed by atoms with Crippen molar-refractivity contribution in [2.45, 2.75) is 33.3 Å². The number of benzene rings is 1. The molecule has 7 nitrogen and oxygen atoms in total. The van der Waals surface area contributed by atoms with Gasteiger partial charge >= 0.3 is 5.97 Å². The van der Waals surface area contributed by atoms with E-state index in [1.54, 1.807) is 13.0 Å². The Hall–Kier alpha value is -3.09. The summed E-state index contributed by atoms with van der Waals surface area (Å²) in [6.45, 7) is 5.17. The lowest BCUT2D eigenvalue weighted by atomic mass is 10.1. The summed E-state index contributed by atoms with van der Waals surface area (Å²) in [5, 5.41) is 7.04. The number of hydrogen-bond acceptors (Lipinski definition) is 6. The van der Waals surface area contributed by atoms with Crippen LogP contribution in [0.1, 0.15) is 23.8 Å². The monoisotopic (exact) mass is 342 g/mol. The lowest BCUT2D eigenvalue weighted by molar-refractivity contribution is -0.152. The van der Waals surface area contributed by atoms with Crippen molar-refractivity contribution in [3.63, 3.8) is 0 Å². The molecule has 0 fully saturated rings. The largest absolute Gasteiger partial charge is 0.464 e. The van der Waals surface area contributed by atoms with Crippen molar-refractivity contribution in [1.29, 1.82) is 0 Å². The van der Waals surface area contributed by atoms with Gasteiger partial charge in [-0.05, 0) is 32.4 Å². The third-order valence-corrected chi connectivity index (χ3v) is 3.70. The number of amides is 1. The summed E-state index contributed by atoms with van der Waals surface area (Å²) in [5.74, 6) is -0.139. The number of aromatic nitrogens is 1. The first-order chi connectivity index (χ1) is 11.9. The lowest BCUT2D eigenvalue weighted by Crippen LogP contribution is -2.30. The molecule has 1 N–H and O–H groups in total. The molecule has 0 radical (unpaired) electrons. The van der Waals surface area contributed by atoms with E-state index in [9.17, 15) is 9.59 Å². The van der Waals surface area contributed by atoms with Gasteiger partial charge in [-0.25, -0.2) is 0 Å². The van der Waals surface area contributed by atoms with Gasteiger partial charge in [0.05, 0.1) is 12.7 Å². The Bertz CT molecular complexity index is 925. The number of esters is 1. The molecular weight excluding hydrogens is 324 g/mol. The van der Waals surface area contributed by atoms with Crippen LogP contribution in [0.25, 0.3) is 11.0 Å². The van der Waals surface area contributed by atoms with Crippen LogP contribution in [0.4, 0.5) is 5.82 Å². The van der Waals surface area contributed by atoms with Crippen molar-refractivity contribution >= 4 is 28.7 Å². The number of anilines is 1. The molecule has 0 saturated carbocycles. The summed E-state index contributed by atoms with van der Waals surface area (Å²) in [7, 11) is 0. The topological polar surface area (TPSA) is 94.6 Å². The molecule has 3 rings (SSSR count). The van der Waals surface area contributed by atoms with Crippen LogP contribution in [-0.4, -0.2) is 23.1 Å². The highest BCUT2D eigenvalue weighted by Gasteiger charge is 2.20. The quantitative estimate of drug-likeness (QED) is 0.716. The molecule has 7 heteroatoms. The van der Waals surface area contributed by atoms with Crippen molar-refractivity contribution < 1.29 is 23.3 Å². The highest BCUT2D eigenvalue weighted by atomic mass is 16.5. The smallest absolute Gasteiger partial charge is 0.311 e. The highest BCUT2D eigenvalue weighted by Crippen LogP contribution is 2.23. The molecule has 2 aromatic heterocycles. The Labute approximate surface area is 143 Å². The van der Waals surface area contributed by atoms with Gasteiger partial charge in [0.15, 0.2) is 11.9 Å². The maximum absolute atomic E-state index is 12.1. The van der Waals surface area contributed by atoms with E-state index in [0.29, 0.717) is 5.76 Å². The van der Waals surface area contributed by atoms with Crippen LogP contribution in [0, 0.1) is 13.8 Å². The fraction of sp³-hybridized carbons (Fsp3) is 0.278. The van der Waals surface area contributed by atoms with Crippen molar-refractivity contribution in [3.05, 3.63) is 47.4 Å². The third kappa shape index (κ3) is 3.88. The Morgan fingerprint density at radius 1 is 1.28 bits per heavy atom. The zero-order valence-electron chi connectivity index (χ0n) is 14.2. The number of hydrogen-bond donors (Lipinski definition) is 1. The predicted molar refractivity (Wildman–Crippen MR) is 90.1 cm³/mol. The van der Waals surface area contributed by atoms with Crippen molar-refractivity contribution in [2.24, 2.45) is 0 Å². The van der Waals surface area contributed by atoms with Gasteiger partial charge in [0.1, 0.15) is 11.3 Å². The van der Waals surface area contributed by atoms with Gasteiger partial charge in [0.2, 0.25) is 0 Å². The molecule has 0 aliphatic heterocycles. The minimum atomic E-state index is -0.954. The average Bonchev–Trinajstić information content (AvgIpc) is 3.13. The number of nitrogens with one attached hydrogen (secondary N) is 1. The molecule has 1 aromatic carbocycles. The van der Waals surface area contributed by atoms with E-state index in [0.717, 1.165) is 22.1 Å². The average molecular weight is 342 g/mol. The van der Waals surface area contributed by atoms with E-state index >= 15 is 0 Å². The van der Waals surface area contributed by atoms with Gasteiger partial charge in [-0.1, -0.05) is 17.3 Å². The van der Waals surface area contributed by atoms with E-state index in [1.807, 2.05) is 25.1 Å². The van der Waals surface area contributed by atoms with E-state index in [-0.39, 0.29) is 12.2 Å². The molecule has 0 saturated heterocycles. The fourth-order valence-corrected chi connectivity index (χ4v) is 2.43. The summed E-state index contributed by atoms with van der Waals surface area (Å²) in [5.41, 5.74) is 2.51. The maximum atomic E-state index is 12.1. The second kappa shape index (κ2) is 6.80. The molecule has 25 heavy (non-hydrogen) atoms. The van der Waals surface area contributed by atoms with Gasteiger partial charge in [0, 0.05) is 17.0 Å². The van der Waals surface area contributed by atoms with Gasteiger partial charge in [-0.2, -0.15) is 0 Å². The van der Waals surface area contributed by atoms with Crippen LogP contribution in [0.5, 0.6) is 0 Å². The number of rotatable bonds is 5. The van der Waals surface area contributed by atoms with Gasteiger partial charge in [-0.3, -0.25) is 9.59 Å². The van der Waals surface area contributed by atoms with Crippen molar-refractivity contribution in [1.82, 2.24) is 5.16 Å². The van der Waals surface area contributed by atoms with Gasteiger partial charge in [-0.15, -0.1) is 0 Å². The number of aryl methyl sites for hydroxylation is 2. The molecule has 0 aliphatic carbocycles. The van der Waals surface area contributed by atoms with Crippen LogP contribution in [-0.2, 0) is 20.7 Å². The Balaban J connectivity index is 1.60. The summed E-state index contributed by atoms with van der Waals surface area (Å²) in [6.07, 6.45) is 0.607. The second-order valence-corrected chi connectivity index (χ2v) is 5.88. The molecule has 0 aliphatic rings. The van der Waals surface area contributed by atoms with E-state index in [2.05, 4.69) is 10.5 Å². The summed E-state index contributed by atoms with van der Waals surface area (Å²) in [6, 6.07) is 7.33. The maximum Gasteiger partial charge on any atom is 0.311 e. The number of ether oxygens (including phenoxy) is 1. The first-order valence-electron chi connectivity index (χ1n) is 7.83. The normalized spacial score (nSPS) is 12.1. The summed E-state index contributed by atoms with van der Waals surface area (Å²) < 4.78 is 15.5. The van der Waals surface area contributed by atoms with Crippen molar-refractivity contribution in [3.8, 4) is 0 Å². The van der Waals surface area contributed by atoms with Crippen LogP contribution in [0.2, 0.25) is 0 Å². The molecule has 3 aromatic rings. The van der Waals surface area contributed by atoms with E-state index in [4.69, 9.17) is 13.7 Å². The Morgan fingerprint density at radius 3 is 2.80 bits per heavy atom. The summed E-state index contributed by atoms with van der Waals surface area (Å²) in [4.78, 5) is 24.1. The minimum Gasteiger partial charge on any atom is -0.464 e. The Morgan fingerprint density at radius 2 is 2.08 bits per heavy atom. The zero-order valence-corrected chi connectivity index (χ0v) is 14.2. The van der Waals surface area contributed by atoms with Crippen LogP contribution in [0.3, 0.4) is 0 Å². The zero-order chi connectivity index (χ0) is 18.0. The molecule has 130 valence electrons. The second-order valence-electron chi connectivity index (χ2n) is 5.88. The van der Waals surface area contributed by atoms with E-state index < -0.39 is 18.0 Å². The third-order valence-electron chi connectivity index (χ3n) is 3.70. The number of carbonyl (C=O) groups excluding carboxylic acids is 2. The molecule has 2 heterocycles. The van der Waals surface area contributed by atoms with Crippen molar-refractivity contribution in [2.75, 3.05) is 5.32 Å². The first kappa shape index (κ1) is 16.8. The van der Waals surface area contributed by atoms with Crippen LogP contribution >= 0.6 is 0 Å². The first-order valence-corrected chi connectivity index (χ1v) is 7.83. The fourth-order valence-electron chi connectivity index (χ4n) is 2.43. The Kier molecular flexibility index (Phi) is 4.56. The SMILES string of the molecule is Cc1ccc2c(CC(=O)O[C@H](C)C(=O)Nc3cc(C)on3)coc2c1. The molecule has 0 unspecified atom stereocenters. The molecule has 0 spiro atoms. The number of nitrogens with zero attached hydrogens (tertiary/aromatic N) is 1. The van der Waals surface area contributed by atoms with Gasteiger partial charge in [0.25, 0.3) is 5.91 Å². The predicted octanol–water partition coefficient (Wildman–Crippen LogP) is 3.15. The van der Waals surface area contributed by atoms with E-state index in [1.165, 1.54) is 13.2 Å².